The molecule has 0 aliphatic carbocycles. The van der Waals surface area contributed by atoms with Crippen LogP contribution in [0.4, 0.5) is 0 Å². The van der Waals surface area contributed by atoms with E-state index in [2.05, 4.69) is 12.2 Å². The molecule has 2 atom stereocenters. The summed E-state index contributed by atoms with van der Waals surface area (Å²) in [5, 5.41) is 3.42. The van der Waals surface area contributed by atoms with E-state index >= 15 is 0 Å². The van der Waals surface area contributed by atoms with Crippen LogP contribution in [0.1, 0.15) is 32.6 Å². The van der Waals surface area contributed by atoms with Crippen molar-refractivity contribution in [2.45, 2.75) is 38.7 Å². The fraction of sp³-hybridized carbons (Fsp3) is 1.00. The van der Waals surface area contributed by atoms with Gasteiger partial charge in [0.05, 0.1) is 6.10 Å². The quantitative estimate of drug-likeness (QED) is 0.705. The zero-order valence-corrected chi connectivity index (χ0v) is 8.59. The lowest BCUT2D eigenvalue weighted by Crippen LogP contribution is -2.29. The van der Waals surface area contributed by atoms with Crippen molar-refractivity contribution < 1.29 is 4.74 Å². The zero-order valence-electron chi connectivity index (χ0n) is 8.59. The summed E-state index contributed by atoms with van der Waals surface area (Å²) in [4.78, 5) is 0. The van der Waals surface area contributed by atoms with Crippen LogP contribution in [0, 0.1) is 11.8 Å². The van der Waals surface area contributed by atoms with Gasteiger partial charge in [-0.3, -0.25) is 0 Å². The average Bonchev–Trinajstić information content (AvgIpc) is 2.54. The van der Waals surface area contributed by atoms with Crippen LogP contribution in [0.5, 0.6) is 0 Å². The Morgan fingerprint density at radius 1 is 1.23 bits per heavy atom. The van der Waals surface area contributed by atoms with Crippen LogP contribution in [0.25, 0.3) is 0 Å². The third-order valence-electron chi connectivity index (χ3n) is 3.63. The van der Waals surface area contributed by atoms with Gasteiger partial charge in [-0.05, 0) is 57.5 Å². The molecule has 0 amide bonds. The van der Waals surface area contributed by atoms with Crippen LogP contribution in [0.2, 0.25) is 0 Å². The van der Waals surface area contributed by atoms with Gasteiger partial charge in [-0.1, -0.05) is 0 Å². The van der Waals surface area contributed by atoms with Crippen molar-refractivity contribution in [3.63, 3.8) is 0 Å². The molecule has 0 bridgehead atoms. The van der Waals surface area contributed by atoms with E-state index in [1.807, 2.05) is 0 Å². The van der Waals surface area contributed by atoms with Crippen LogP contribution in [0.15, 0.2) is 0 Å². The Kier molecular flexibility index (Phi) is 3.23. The van der Waals surface area contributed by atoms with Gasteiger partial charge in [-0.2, -0.15) is 0 Å². The highest BCUT2D eigenvalue weighted by atomic mass is 16.5. The van der Waals surface area contributed by atoms with Crippen molar-refractivity contribution in [2.24, 2.45) is 11.8 Å². The van der Waals surface area contributed by atoms with Crippen molar-refractivity contribution in [2.75, 3.05) is 19.7 Å². The normalized spacial score (nSPS) is 36.7. The second-order valence-electron chi connectivity index (χ2n) is 4.55. The predicted molar refractivity (Wildman–Crippen MR) is 53.7 cm³/mol. The van der Waals surface area contributed by atoms with Crippen molar-refractivity contribution in [3.8, 4) is 0 Å². The van der Waals surface area contributed by atoms with E-state index in [4.69, 9.17) is 4.74 Å². The van der Waals surface area contributed by atoms with E-state index in [-0.39, 0.29) is 0 Å². The molecule has 0 radical (unpaired) electrons. The molecule has 2 aliphatic rings. The molecular weight excluding hydrogens is 162 g/mol. The number of hydrogen-bond donors (Lipinski definition) is 1. The summed E-state index contributed by atoms with van der Waals surface area (Å²) in [6, 6.07) is 0. The topological polar surface area (TPSA) is 21.3 Å². The number of nitrogens with one attached hydrogen (secondary N) is 1. The Morgan fingerprint density at radius 3 is 2.62 bits per heavy atom. The van der Waals surface area contributed by atoms with Gasteiger partial charge in [0.25, 0.3) is 0 Å². The van der Waals surface area contributed by atoms with Gasteiger partial charge in [0, 0.05) is 6.61 Å². The van der Waals surface area contributed by atoms with E-state index in [0.717, 1.165) is 18.4 Å². The number of ether oxygens (including phenoxy) is 1. The van der Waals surface area contributed by atoms with Gasteiger partial charge in [0.15, 0.2) is 0 Å². The largest absolute Gasteiger partial charge is 0.378 e. The van der Waals surface area contributed by atoms with Crippen LogP contribution >= 0.6 is 0 Å². The molecule has 2 heterocycles. The number of rotatable bonds is 2. The highest BCUT2D eigenvalue weighted by Gasteiger charge is 2.27. The van der Waals surface area contributed by atoms with Crippen LogP contribution < -0.4 is 5.32 Å². The molecule has 0 aromatic carbocycles. The van der Waals surface area contributed by atoms with E-state index in [0.29, 0.717) is 6.10 Å². The predicted octanol–water partition coefficient (Wildman–Crippen LogP) is 1.80. The monoisotopic (exact) mass is 183 g/mol. The Balaban J connectivity index is 1.75. The summed E-state index contributed by atoms with van der Waals surface area (Å²) >= 11 is 0. The maximum atomic E-state index is 5.59. The SMILES string of the molecule is CC1OCCC1CC1CCNCC1. The van der Waals surface area contributed by atoms with E-state index < -0.39 is 0 Å². The minimum Gasteiger partial charge on any atom is -0.378 e. The summed E-state index contributed by atoms with van der Waals surface area (Å²) in [6.07, 6.45) is 5.98. The molecule has 2 fully saturated rings. The molecule has 2 nitrogen and oxygen atoms in total. The number of piperidine rings is 1. The van der Waals surface area contributed by atoms with Gasteiger partial charge in [-0.25, -0.2) is 0 Å². The second kappa shape index (κ2) is 4.43. The standard InChI is InChI=1S/C11H21NO/c1-9-11(4-7-13-9)8-10-2-5-12-6-3-10/h9-12H,2-8H2,1H3. The van der Waals surface area contributed by atoms with E-state index in [1.165, 1.54) is 38.8 Å². The fourth-order valence-electron chi connectivity index (χ4n) is 2.63. The van der Waals surface area contributed by atoms with Crippen LogP contribution in [-0.4, -0.2) is 25.8 Å². The first-order chi connectivity index (χ1) is 6.36. The molecule has 2 heteroatoms. The van der Waals surface area contributed by atoms with Gasteiger partial charge in [0.1, 0.15) is 0 Å². The van der Waals surface area contributed by atoms with Gasteiger partial charge in [0.2, 0.25) is 0 Å². The molecule has 76 valence electrons. The molecule has 0 spiro atoms. The summed E-state index contributed by atoms with van der Waals surface area (Å²) in [5.41, 5.74) is 0. The van der Waals surface area contributed by atoms with Gasteiger partial charge < -0.3 is 10.1 Å². The Hall–Kier alpha value is -0.0800. The first kappa shape index (κ1) is 9.47. The smallest absolute Gasteiger partial charge is 0.0576 e. The third-order valence-corrected chi connectivity index (χ3v) is 3.63. The minimum absolute atomic E-state index is 0.523. The van der Waals surface area contributed by atoms with Gasteiger partial charge in [-0.15, -0.1) is 0 Å². The first-order valence-electron chi connectivity index (χ1n) is 5.68. The van der Waals surface area contributed by atoms with Gasteiger partial charge >= 0.3 is 0 Å². The Bertz CT molecular complexity index is 154. The van der Waals surface area contributed by atoms with Crippen molar-refractivity contribution in [3.05, 3.63) is 0 Å². The highest BCUT2D eigenvalue weighted by molar-refractivity contribution is 4.78. The lowest BCUT2D eigenvalue weighted by molar-refractivity contribution is 0.0972. The summed E-state index contributed by atoms with van der Waals surface area (Å²) in [7, 11) is 0. The Morgan fingerprint density at radius 2 is 2.00 bits per heavy atom. The molecule has 0 aromatic rings. The molecular formula is C11H21NO. The lowest BCUT2D eigenvalue weighted by atomic mass is 9.85. The second-order valence-corrected chi connectivity index (χ2v) is 4.55. The number of hydrogen-bond acceptors (Lipinski definition) is 2. The minimum atomic E-state index is 0.523. The highest BCUT2D eigenvalue weighted by Crippen LogP contribution is 2.30. The summed E-state index contributed by atoms with van der Waals surface area (Å²) in [6.45, 7) is 5.69. The first-order valence-corrected chi connectivity index (χ1v) is 5.68. The zero-order chi connectivity index (χ0) is 9.10. The molecule has 0 aromatic heterocycles. The van der Waals surface area contributed by atoms with Crippen LogP contribution in [0.3, 0.4) is 0 Å². The maximum Gasteiger partial charge on any atom is 0.0576 e. The molecule has 2 rings (SSSR count). The van der Waals surface area contributed by atoms with Crippen molar-refractivity contribution >= 4 is 0 Å². The fourth-order valence-corrected chi connectivity index (χ4v) is 2.63. The van der Waals surface area contributed by atoms with Crippen molar-refractivity contribution in [1.82, 2.24) is 5.32 Å². The molecule has 2 saturated heterocycles. The average molecular weight is 183 g/mol. The van der Waals surface area contributed by atoms with Crippen LogP contribution in [-0.2, 0) is 4.74 Å². The summed E-state index contributed by atoms with van der Waals surface area (Å²) in [5.74, 6) is 1.82. The molecule has 2 unspecified atom stereocenters. The molecule has 2 aliphatic heterocycles. The van der Waals surface area contributed by atoms with Crippen molar-refractivity contribution in [1.29, 1.82) is 0 Å². The third kappa shape index (κ3) is 2.44. The Labute approximate surface area is 81.0 Å². The maximum absolute atomic E-state index is 5.59. The lowest BCUT2D eigenvalue weighted by Gasteiger charge is -2.26. The van der Waals surface area contributed by atoms with E-state index in [9.17, 15) is 0 Å². The summed E-state index contributed by atoms with van der Waals surface area (Å²) < 4.78 is 5.59. The molecule has 1 N–H and O–H groups in total. The molecule has 13 heavy (non-hydrogen) atoms. The van der Waals surface area contributed by atoms with E-state index in [1.54, 1.807) is 0 Å². The molecule has 0 saturated carbocycles.